The monoisotopic (exact) mass is 238 g/mol. The van der Waals surface area contributed by atoms with E-state index >= 15 is 0 Å². The van der Waals surface area contributed by atoms with Crippen LogP contribution >= 0.6 is 0 Å². The molecule has 1 aliphatic heterocycles. The van der Waals surface area contributed by atoms with E-state index in [2.05, 4.69) is 21.9 Å². The van der Waals surface area contributed by atoms with Crippen molar-refractivity contribution in [3.05, 3.63) is 48.0 Å². The van der Waals surface area contributed by atoms with Crippen molar-refractivity contribution in [1.29, 1.82) is 5.26 Å². The molecule has 2 N–H and O–H groups in total. The first-order valence-electron chi connectivity index (χ1n) is 5.50. The highest BCUT2D eigenvalue weighted by atomic mass is 16.5. The smallest absolute Gasteiger partial charge is 0.273 e. The van der Waals surface area contributed by atoms with Crippen LogP contribution in [0, 0.1) is 11.5 Å². The molecule has 5 nitrogen and oxygen atoms in total. The van der Waals surface area contributed by atoms with Gasteiger partial charge in [-0.2, -0.15) is 5.26 Å². The summed E-state index contributed by atoms with van der Waals surface area (Å²) < 4.78 is 5.44. The first-order valence-corrected chi connectivity index (χ1v) is 5.50. The Hall–Kier alpha value is -2.74. The first kappa shape index (κ1) is 10.4. The molecule has 0 saturated heterocycles. The molecule has 0 bridgehead atoms. The van der Waals surface area contributed by atoms with Crippen molar-refractivity contribution < 1.29 is 4.74 Å². The van der Waals surface area contributed by atoms with Gasteiger partial charge in [-0.05, 0) is 22.9 Å². The van der Waals surface area contributed by atoms with Crippen LogP contribution in [0.4, 0.5) is 0 Å². The third-order valence-corrected chi connectivity index (χ3v) is 2.70. The summed E-state index contributed by atoms with van der Waals surface area (Å²) in [7, 11) is 0. The average Bonchev–Trinajstić information content (AvgIpc) is 2.87. The van der Waals surface area contributed by atoms with E-state index in [0.29, 0.717) is 5.90 Å². The van der Waals surface area contributed by atoms with E-state index in [-0.39, 0.29) is 0 Å². The van der Waals surface area contributed by atoms with Crippen LogP contribution in [0.15, 0.2) is 47.6 Å². The van der Waals surface area contributed by atoms with Gasteiger partial charge in [0.15, 0.2) is 6.19 Å². The van der Waals surface area contributed by atoms with Crippen molar-refractivity contribution in [2.24, 2.45) is 5.10 Å². The van der Waals surface area contributed by atoms with Crippen molar-refractivity contribution in [3.8, 4) is 6.19 Å². The Kier molecular flexibility index (Phi) is 2.47. The molecular weight excluding hydrogens is 228 g/mol. The molecule has 2 aromatic carbocycles. The Morgan fingerprint density at radius 3 is 2.89 bits per heavy atom. The summed E-state index contributed by atoms with van der Waals surface area (Å²) in [6.07, 6.45) is 1.21. The average molecular weight is 238 g/mol. The predicted octanol–water partition coefficient (Wildman–Crippen LogP) is 1.48. The lowest BCUT2D eigenvalue weighted by atomic mass is 10.1. The van der Waals surface area contributed by atoms with Crippen molar-refractivity contribution in [1.82, 2.24) is 10.7 Å². The third-order valence-electron chi connectivity index (χ3n) is 2.70. The molecule has 0 aliphatic carbocycles. The normalized spacial score (nSPS) is 17.5. The molecule has 0 radical (unpaired) electrons. The highest BCUT2D eigenvalue weighted by molar-refractivity contribution is 5.98. The minimum Gasteiger partial charge on any atom is -0.431 e. The summed E-state index contributed by atoms with van der Waals surface area (Å²) in [6, 6.07) is 14.0. The third kappa shape index (κ3) is 1.80. The minimum atomic E-state index is -0.587. The van der Waals surface area contributed by atoms with Gasteiger partial charge in [0.2, 0.25) is 5.90 Å². The number of hydrazone groups is 1. The Balaban J connectivity index is 1.90. The number of nitriles is 1. The van der Waals surface area contributed by atoms with Crippen LogP contribution < -0.4 is 10.7 Å². The number of hydrogen-bond acceptors (Lipinski definition) is 5. The van der Waals surface area contributed by atoms with Crippen LogP contribution in [-0.4, -0.2) is 12.2 Å². The number of ether oxygens (including phenoxy) is 1. The fourth-order valence-corrected chi connectivity index (χ4v) is 1.86. The molecule has 18 heavy (non-hydrogen) atoms. The predicted molar refractivity (Wildman–Crippen MR) is 67.2 cm³/mol. The standard InChI is InChI=1S/C13H10N4O/c14-8-15-13-17-16-12(18-13)11-6-5-9-3-1-2-4-10(9)7-11/h1-7,13,15,17H. The van der Waals surface area contributed by atoms with E-state index in [1.54, 1.807) is 6.19 Å². The fraction of sp³-hybridized carbons (Fsp3) is 0.0769. The Bertz CT molecular complexity index is 659. The molecule has 1 unspecified atom stereocenters. The second-order valence-corrected chi connectivity index (χ2v) is 3.86. The number of benzene rings is 2. The van der Waals surface area contributed by atoms with Gasteiger partial charge in [-0.25, -0.2) is 5.43 Å². The first-order chi connectivity index (χ1) is 8.86. The molecule has 2 aromatic rings. The van der Waals surface area contributed by atoms with Crippen LogP contribution in [0.5, 0.6) is 0 Å². The van der Waals surface area contributed by atoms with Gasteiger partial charge in [-0.1, -0.05) is 30.3 Å². The second-order valence-electron chi connectivity index (χ2n) is 3.86. The summed E-state index contributed by atoms with van der Waals surface area (Å²) in [4.78, 5) is 0. The maximum atomic E-state index is 8.49. The van der Waals surface area contributed by atoms with E-state index in [9.17, 15) is 0 Å². The number of rotatable bonds is 2. The summed E-state index contributed by atoms with van der Waals surface area (Å²) in [6.45, 7) is 0. The minimum absolute atomic E-state index is 0.480. The molecule has 1 atom stereocenters. The molecule has 0 spiro atoms. The van der Waals surface area contributed by atoms with Gasteiger partial charge in [-0.15, -0.1) is 5.10 Å². The summed E-state index contributed by atoms with van der Waals surface area (Å²) in [5.41, 5.74) is 3.56. The quantitative estimate of drug-likeness (QED) is 0.614. The molecule has 1 heterocycles. The Morgan fingerprint density at radius 1 is 1.22 bits per heavy atom. The zero-order valence-corrected chi connectivity index (χ0v) is 9.42. The van der Waals surface area contributed by atoms with E-state index in [0.717, 1.165) is 10.9 Å². The van der Waals surface area contributed by atoms with Gasteiger partial charge in [0.05, 0.1) is 0 Å². The lowest BCUT2D eigenvalue weighted by Crippen LogP contribution is -2.35. The second kappa shape index (κ2) is 4.26. The molecule has 0 saturated carbocycles. The highest BCUT2D eigenvalue weighted by Gasteiger charge is 2.19. The number of nitrogens with one attached hydrogen (secondary N) is 2. The summed E-state index contributed by atoms with van der Waals surface area (Å²) in [5, 5.41) is 17.3. The maximum Gasteiger partial charge on any atom is 0.273 e. The number of nitrogens with zero attached hydrogens (tertiary/aromatic N) is 2. The van der Waals surface area contributed by atoms with Crippen LogP contribution in [0.25, 0.3) is 10.8 Å². The lowest BCUT2D eigenvalue weighted by molar-refractivity contribution is 0.168. The molecule has 1 aliphatic rings. The van der Waals surface area contributed by atoms with Crippen LogP contribution in [0.1, 0.15) is 5.56 Å². The summed E-state index contributed by atoms with van der Waals surface area (Å²) in [5.74, 6) is 0.480. The van der Waals surface area contributed by atoms with Gasteiger partial charge in [-0.3, -0.25) is 5.32 Å². The van der Waals surface area contributed by atoms with Crippen LogP contribution in [0.3, 0.4) is 0 Å². The molecule has 0 amide bonds. The molecule has 0 aromatic heterocycles. The zero-order chi connectivity index (χ0) is 12.4. The van der Waals surface area contributed by atoms with Gasteiger partial charge in [0.1, 0.15) is 0 Å². The molecule has 3 rings (SSSR count). The van der Waals surface area contributed by atoms with E-state index in [1.807, 2.05) is 36.4 Å². The van der Waals surface area contributed by atoms with Crippen LogP contribution in [0.2, 0.25) is 0 Å². The SMILES string of the molecule is N#CNC1NN=C(c2ccc3ccccc3c2)O1. The number of fused-ring (bicyclic) bond motifs is 1. The molecule has 0 fully saturated rings. The topological polar surface area (TPSA) is 69.4 Å². The Labute approximate surface area is 104 Å². The Morgan fingerprint density at radius 2 is 2.06 bits per heavy atom. The number of hydrogen-bond donors (Lipinski definition) is 2. The largest absolute Gasteiger partial charge is 0.431 e. The fourth-order valence-electron chi connectivity index (χ4n) is 1.86. The zero-order valence-electron chi connectivity index (χ0n) is 9.42. The van der Waals surface area contributed by atoms with Crippen molar-refractivity contribution in [3.63, 3.8) is 0 Å². The van der Waals surface area contributed by atoms with E-state index in [4.69, 9.17) is 10.00 Å². The summed E-state index contributed by atoms with van der Waals surface area (Å²) >= 11 is 0. The molecular formula is C13H10N4O. The van der Waals surface area contributed by atoms with Crippen molar-refractivity contribution >= 4 is 16.7 Å². The van der Waals surface area contributed by atoms with E-state index in [1.165, 1.54) is 5.39 Å². The molecule has 5 heteroatoms. The maximum absolute atomic E-state index is 8.49. The van der Waals surface area contributed by atoms with Gasteiger partial charge >= 0.3 is 0 Å². The van der Waals surface area contributed by atoms with Gasteiger partial charge < -0.3 is 4.74 Å². The van der Waals surface area contributed by atoms with Gasteiger partial charge in [0.25, 0.3) is 6.35 Å². The van der Waals surface area contributed by atoms with Crippen molar-refractivity contribution in [2.75, 3.05) is 0 Å². The van der Waals surface area contributed by atoms with Crippen molar-refractivity contribution in [2.45, 2.75) is 6.35 Å². The lowest BCUT2D eigenvalue weighted by Gasteiger charge is -2.08. The van der Waals surface area contributed by atoms with Gasteiger partial charge in [0, 0.05) is 5.56 Å². The highest BCUT2D eigenvalue weighted by Crippen LogP contribution is 2.17. The van der Waals surface area contributed by atoms with Crippen LogP contribution in [-0.2, 0) is 4.74 Å². The molecule has 88 valence electrons. The van der Waals surface area contributed by atoms with E-state index < -0.39 is 6.35 Å².